The van der Waals surface area contributed by atoms with Crippen molar-refractivity contribution in [1.82, 2.24) is 5.32 Å². The Morgan fingerprint density at radius 1 is 1.33 bits per heavy atom. The molecule has 2 fully saturated rings. The summed E-state index contributed by atoms with van der Waals surface area (Å²) in [6, 6.07) is 5.24. The van der Waals surface area contributed by atoms with E-state index in [4.69, 9.17) is 0 Å². The number of rotatable bonds is 4. The molecule has 0 bridgehead atoms. The predicted octanol–water partition coefficient (Wildman–Crippen LogP) is 2.15. The molecule has 1 aromatic rings. The van der Waals surface area contributed by atoms with Gasteiger partial charge in [-0.15, -0.1) is 0 Å². The van der Waals surface area contributed by atoms with Crippen molar-refractivity contribution in [3.8, 4) is 0 Å². The van der Waals surface area contributed by atoms with Gasteiger partial charge in [0.25, 0.3) is 5.69 Å². The Hall–Kier alpha value is -1.95. The highest BCUT2D eigenvalue weighted by atomic mass is 16.6. The Balaban J connectivity index is 1.86. The van der Waals surface area contributed by atoms with Crippen LogP contribution in [0.5, 0.6) is 0 Å². The Kier molecular flexibility index (Phi) is 3.63. The molecule has 1 N–H and O–H groups in total. The number of nitrogens with zero attached hydrogens (tertiary/aromatic N) is 2. The van der Waals surface area contributed by atoms with Crippen molar-refractivity contribution < 1.29 is 9.72 Å². The summed E-state index contributed by atoms with van der Waals surface area (Å²) in [5, 5.41) is 14.4. The number of benzene rings is 1. The first kappa shape index (κ1) is 14.0. The minimum atomic E-state index is -0.396. The highest BCUT2D eigenvalue weighted by Crippen LogP contribution is 2.31. The van der Waals surface area contributed by atoms with Crippen LogP contribution in [0.2, 0.25) is 0 Å². The molecule has 112 valence electrons. The first-order chi connectivity index (χ1) is 10.1. The van der Waals surface area contributed by atoms with Crippen molar-refractivity contribution in [2.24, 2.45) is 0 Å². The largest absolute Gasteiger partial charge is 0.311 e. The van der Waals surface area contributed by atoms with Gasteiger partial charge in [0.05, 0.1) is 22.2 Å². The van der Waals surface area contributed by atoms with Gasteiger partial charge in [0.2, 0.25) is 5.91 Å². The molecule has 1 saturated carbocycles. The van der Waals surface area contributed by atoms with Crippen LogP contribution >= 0.6 is 0 Å². The number of amides is 1. The van der Waals surface area contributed by atoms with E-state index in [-0.39, 0.29) is 17.6 Å². The van der Waals surface area contributed by atoms with E-state index in [2.05, 4.69) is 5.32 Å². The van der Waals surface area contributed by atoms with E-state index in [9.17, 15) is 14.9 Å². The van der Waals surface area contributed by atoms with Crippen molar-refractivity contribution in [3.63, 3.8) is 0 Å². The minimum Gasteiger partial charge on any atom is -0.311 e. The lowest BCUT2D eigenvalue weighted by Crippen LogP contribution is -2.51. The first-order valence-electron chi connectivity index (χ1n) is 7.39. The lowest BCUT2D eigenvalue weighted by Gasteiger charge is -2.33. The molecule has 0 aromatic heterocycles. The van der Waals surface area contributed by atoms with Gasteiger partial charge in [-0.05, 0) is 38.7 Å². The highest BCUT2D eigenvalue weighted by molar-refractivity contribution is 5.99. The third-order valence-electron chi connectivity index (χ3n) is 4.22. The summed E-state index contributed by atoms with van der Waals surface area (Å²) >= 11 is 0. The SMILES string of the molecule is Cc1c(N2CCCC(NC3CC3)C2=O)cccc1[N+](=O)[O-]. The summed E-state index contributed by atoms with van der Waals surface area (Å²) < 4.78 is 0. The summed E-state index contributed by atoms with van der Waals surface area (Å²) in [6.07, 6.45) is 4.04. The Morgan fingerprint density at radius 3 is 2.76 bits per heavy atom. The molecular weight excluding hydrogens is 270 g/mol. The van der Waals surface area contributed by atoms with Crippen LogP contribution in [0, 0.1) is 17.0 Å². The monoisotopic (exact) mass is 289 g/mol. The summed E-state index contributed by atoms with van der Waals surface area (Å²) in [5.74, 6) is 0.0387. The summed E-state index contributed by atoms with van der Waals surface area (Å²) in [6.45, 7) is 2.34. The van der Waals surface area contributed by atoms with Gasteiger partial charge in [0.15, 0.2) is 0 Å². The van der Waals surface area contributed by atoms with Crippen LogP contribution in [0.25, 0.3) is 0 Å². The number of piperidine rings is 1. The van der Waals surface area contributed by atoms with E-state index in [0.717, 1.165) is 25.7 Å². The van der Waals surface area contributed by atoms with Gasteiger partial charge >= 0.3 is 0 Å². The van der Waals surface area contributed by atoms with E-state index in [1.54, 1.807) is 24.0 Å². The lowest BCUT2D eigenvalue weighted by atomic mass is 10.0. The molecule has 1 heterocycles. The zero-order valence-corrected chi connectivity index (χ0v) is 12.0. The molecule has 3 rings (SSSR count). The molecule has 1 atom stereocenters. The Bertz CT molecular complexity index is 584. The van der Waals surface area contributed by atoms with Gasteiger partial charge < -0.3 is 10.2 Å². The predicted molar refractivity (Wildman–Crippen MR) is 79.4 cm³/mol. The Morgan fingerprint density at radius 2 is 2.10 bits per heavy atom. The number of hydrogen-bond acceptors (Lipinski definition) is 4. The van der Waals surface area contributed by atoms with Gasteiger partial charge in [-0.1, -0.05) is 6.07 Å². The van der Waals surface area contributed by atoms with E-state index in [1.165, 1.54) is 6.07 Å². The molecule has 2 aliphatic rings. The zero-order chi connectivity index (χ0) is 15.0. The molecule has 1 aliphatic heterocycles. The van der Waals surface area contributed by atoms with Gasteiger partial charge in [0.1, 0.15) is 0 Å². The minimum absolute atomic E-state index is 0.0387. The van der Waals surface area contributed by atoms with Crippen LogP contribution in [0.4, 0.5) is 11.4 Å². The maximum absolute atomic E-state index is 12.6. The third kappa shape index (κ3) is 2.76. The molecule has 0 radical (unpaired) electrons. The van der Waals surface area contributed by atoms with Gasteiger partial charge in [-0.3, -0.25) is 14.9 Å². The van der Waals surface area contributed by atoms with Crippen LogP contribution in [0.1, 0.15) is 31.2 Å². The second-order valence-electron chi connectivity index (χ2n) is 5.80. The normalized spacial score (nSPS) is 22.4. The maximum atomic E-state index is 12.6. The smallest absolute Gasteiger partial charge is 0.274 e. The van der Waals surface area contributed by atoms with Crippen LogP contribution < -0.4 is 10.2 Å². The molecule has 1 amide bonds. The second kappa shape index (κ2) is 5.44. The van der Waals surface area contributed by atoms with Crippen LogP contribution in [-0.2, 0) is 4.79 Å². The molecule has 1 unspecified atom stereocenters. The van der Waals surface area contributed by atoms with E-state index in [0.29, 0.717) is 23.8 Å². The van der Waals surface area contributed by atoms with Gasteiger partial charge in [-0.25, -0.2) is 0 Å². The van der Waals surface area contributed by atoms with Crippen LogP contribution in [-0.4, -0.2) is 29.5 Å². The number of hydrogen-bond donors (Lipinski definition) is 1. The lowest BCUT2D eigenvalue weighted by molar-refractivity contribution is -0.385. The third-order valence-corrected chi connectivity index (χ3v) is 4.22. The first-order valence-corrected chi connectivity index (χ1v) is 7.39. The van der Waals surface area contributed by atoms with Crippen LogP contribution in [0.3, 0.4) is 0 Å². The quantitative estimate of drug-likeness (QED) is 0.680. The number of carbonyl (C=O) groups excluding carboxylic acids is 1. The maximum Gasteiger partial charge on any atom is 0.274 e. The average Bonchev–Trinajstić information content (AvgIpc) is 3.25. The fraction of sp³-hybridized carbons (Fsp3) is 0.533. The van der Waals surface area contributed by atoms with E-state index >= 15 is 0 Å². The van der Waals surface area contributed by atoms with Crippen molar-refractivity contribution in [3.05, 3.63) is 33.9 Å². The number of carbonyl (C=O) groups is 1. The summed E-state index contributed by atoms with van der Waals surface area (Å²) in [5.41, 5.74) is 1.29. The Labute approximate surface area is 123 Å². The topological polar surface area (TPSA) is 75.5 Å². The number of nitro benzene ring substituents is 1. The zero-order valence-electron chi connectivity index (χ0n) is 12.0. The highest BCUT2D eigenvalue weighted by Gasteiger charge is 2.35. The van der Waals surface area contributed by atoms with Crippen LogP contribution in [0.15, 0.2) is 18.2 Å². The molecule has 6 nitrogen and oxygen atoms in total. The molecular formula is C15H19N3O3. The standard InChI is InChI=1S/C15H19N3O3/c1-10-13(5-2-6-14(10)18(20)21)17-9-3-4-12(15(17)19)16-11-7-8-11/h2,5-6,11-12,16H,3-4,7-9H2,1H3. The van der Waals surface area contributed by atoms with Gasteiger partial charge in [0, 0.05) is 18.7 Å². The molecule has 21 heavy (non-hydrogen) atoms. The molecule has 1 aliphatic carbocycles. The van der Waals surface area contributed by atoms with E-state index < -0.39 is 4.92 Å². The number of anilines is 1. The molecule has 1 saturated heterocycles. The molecule has 6 heteroatoms. The number of nitrogens with one attached hydrogen (secondary N) is 1. The second-order valence-corrected chi connectivity index (χ2v) is 5.80. The van der Waals surface area contributed by atoms with Crippen molar-refractivity contribution in [2.75, 3.05) is 11.4 Å². The van der Waals surface area contributed by atoms with E-state index in [1.807, 2.05) is 0 Å². The van der Waals surface area contributed by atoms with Gasteiger partial charge in [-0.2, -0.15) is 0 Å². The van der Waals surface area contributed by atoms with Crippen molar-refractivity contribution >= 4 is 17.3 Å². The fourth-order valence-electron chi connectivity index (χ4n) is 2.91. The number of nitro groups is 1. The molecule has 1 aromatic carbocycles. The van der Waals surface area contributed by atoms with Crippen molar-refractivity contribution in [2.45, 2.75) is 44.7 Å². The average molecular weight is 289 g/mol. The van der Waals surface area contributed by atoms with Crippen molar-refractivity contribution in [1.29, 1.82) is 0 Å². The summed E-state index contributed by atoms with van der Waals surface area (Å²) in [4.78, 5) is 25.0. The molecule has 0 spiro atoms. The summed E-state index contributed by atoms with van der Waals surface area (Å²) in [7, 11) is 0. The fourth-order valence-corrected chi connectivity index (χ4v) is 2.91.